The summed E-state index contributed by atoms with van der Waals surface area (Å²) in [4.78, 5) is 19.4. The number of rotatable bonds is 5. The maximum atomic E-state index is 13.0. The molecule has 0 unspecified atom stereocenters. The molecule has 1 amide bonds. The fraction of sp³-hybridized carbons (Fsp3) is 0.409. The molecule has 3 heterocycles. The minimum atomic E-state index is -0.118. The minimum absolute atomic E-state index is 0.0540. The SMILES string of the molecule is Cc1cc(C)n(CC(=O)N2CCCC[C@@H]2c2ncc(Cc3ccc(Cl)cc3)o2)n1. The largest absolute Gasteiger partial charge is 0.443 e. The zero-order chi connectivity index (χ0) is 20.4. The van der Waals surface area contributed by atoms with Gasteiger partial charge in [0.2, 0.25) is 11.8 Å². The number of piperidine rings is 1. The normalized spacial score (nSPS) is 16.9. The Balaban J connectivity index is 1.48. The molecule has 7 heteroatoms. The van der Waals surface area contributed by atoms with Gasteiger partial charge in [-0.2, -0.15) is 5.10 Å². The maximum absolute atomic E-state index is 13.0. The summed E-state index contributed by atoms with van der Waals surface area (Å²) in [6.07, 6.45) is 5.34. The lowest BCUT2D eigenvalue weighted by Crippen LogP contribution is -2.40. The fourth-order valence-electron chi connectivity index (χ4n) is 3.90. The van der Waals surface area contributed by atoms with E-state index in [2.05, 4.69) is 10.1 Å². The van der Waals surface area contributed by atoms with E-state index in [0.717, 1.165) is 48.5 Å². The molecule has 1 aromatic carbocycles. The summed E-state index contributed by atoms with van der Waals surface area (Å²) >= 11 is 5.96. The zero-order valence-electron chi connectivity index (χ0n) is 16.8. The van der Waals surface area contributed by atoms with E-state index >= 15 is 0 Å². The van der Waals surface area contributed by atoms with E-state index in [1.165, 1.54) is 0 Å². The van der Waals surface area contributed by atoms with Crippen LogP contribution < -0.4 is 0 Å². The van der Waals surface area contributed by atoms with Crippen molar-refractivity contribution in [2.45, 2.75) is 52.1 Å². The molecule has 0 bridgehead atoms. The summed E-state index contributed by atoms with van der Waals surface area (Å²) in [5, 5.41) is 5.13. The molecule has 29 heavy (non-hydrogen) atoms. The molecule has 0 N–H and O–H groups in total. The second kappa shape index (κ2) is 8.41. The second-order valence-electron chi connectivity index (χ2n) is 7.65. The third-order valence-electron chi connectivity index (χ3n) is 5.36. The Morgan fingerprint density at radius 3 is 2.76 bits per heavy atom. The average molecular weight is 413 g/mol. The van der Waals surface area contributed by atoms with Crippen LogP contribution in [0.5, 0.6) is 0 Å². The molecule has 1 aliphatic rings. The maximum Gasteiger partial charge on any atom is 0.244 e. The minimum Gasteiger partial charge on any atom is -0.443 e. The lowest BCUT2D eigenvalue weighted by molar-refractivity contribution is -0.136. The monoisotopic (exact) mass is 412 g/mol. The number of nitrogens with zero attached hydrogens (tertiary/aromatic N) is 4. The van der Waals surface area contributed by atoms with E-state index in [0.29, 0.717) is 17.3 Å². The molecule has 1 fully saturated rings. The first-order chi connectivity index (χ1) is 14.0. The predicted octanol–water partition coefficient (Wildman–Crippen LogP) is 4.49. The van der Waals surface area contributed by atoms with Gasteiger partial charge in [0.05, 0.1) is 11.9 Å². The summed E-state index contributed by atoms with van der Waals surface area (Å²) in [6.45, 7) is 4.87. The van der Waals surface area contributed by atoms with Crippen molar-refractivity contribution in [3.05, 3.63) is 70.2 Å². The van der Waals surface area contributed by atoms with Crippen LogP contribution in [0, 0.1) is 13.8 Å². The van der Waals surface area contributed by atoms with Crippen LogP contribution in [0.3, 0.4) is 0 Å². The van der Waals surface area contributed by atoms with Crippen molar-refractivity contribution in [1.29, 1.82) is 0 Å². The van der Waals surface area contributed by atoms with Gasteiger partial charge in [0.25, 0.3) is 0 Å². The molecule has 0 radical (unpaired) electrons. The van der Waals surface area contributed by atoms with Gasteiger partial charge in [0.1, 0.15) is 18.3 Å². The van der Waals surface area contributed by atoms with Gasteiger partial charge in [-0.1, -0.05) is 23.7 Å². The van der Waals surface area contributed by atoms with Crippen molar-refractivity contribution >= 4 is 17.5 Å². The van der Waals surface area contributed by atoms with Crippen LogP contribution in [0.4, 0.5) is 0 Å². The van der Waals surface area contributed by atoms with E-state index in [1.807, 2.05) is 49.1 Å². The Morgan fingerprint density at radius 1 is 1.24 bits per heavy atom. The summed E-state index contributed by atoms with van der Waals surface area (Å²) in [6, 6.07) is 9.57. The van der Waals surface area contributed by atoms with Crippen molar-refractivity contribution in [1.82, 2.24) is 19.7 Å². The topological polar surface area (TPSA) is 64.2 Å². The average Bonchev–Trinajstić information content (AvgIpc) is 3.29. The third kappa shape index (κ3) is 4.53. The molecule has 6 nitrogen and oxygen atoms in total. The number of likely N-dealkylation sites (tertiary alicyclic amines) is 1. The molecule has 0 aliphatic carbocycles. The quantitative estimate of drug-likeness (QED) is 0.619. The van der Waals surface area contributed by atoms with Crippen molar-refractivity contribution in [2.75, 3.05) is 6.54 Å². The Bertz CT molecular complexity index is 993. The molecular weight excluding hydrogens is 388 g/mol. The number of carbonyl (C=O) groups excluding carboxylic acids is 1. The highest BCUT2D eigenvalue weighted by atomic mass is 35.5. The number of amides is 1. The van der Waals surface area contributed by atoms with E-state index in [9.17, 15) is 4.79 Å². The smallest absolute Gasteiger partial charge is 0.244 e. The summed E-state index contributed by atoms with van der Waals surface area (Å²) in [5.74, 6) is 1.47. The molecule has 1 atom stereocenters. The number of benzene rings is 1. The van der Waals surface area contributed by atoms with E-state index < -0.39 is 0 Å². The van der Waals surface area contributed by atoms with E-state index in [4.69, 9.17) is 16.0 Å². The van der Waals surface area contributed by atoms with Crippen LogP contribution in [-0.2, 0) is 17.8 Å². The first kappa shape index (κ1) is 19.7. The predicted molar refractivity (Wildman–Crippen MR) is 111 cm³/mol. The molecule has 152 valence electrons. The van der Waals surface area contributed by atoms with Gasteiger partial charge >= 0.3 is 0 Å². The molecule has 2 aromatic heterocycles. The second-order valence-corrected chi connectivity index (χ2v) is 8.09. The Morgan fingerprint density at radius 2 is 2.03 bits per heavy atom. The lowest BCUT2D eigenvalue weighted by Gasteiger charge is -2.33. The number of oxazole rings is 1. The number of carbonyl (C=O) groups is 1. The van der Waals surface area contributed by atoms with Crippen LogP contribution in [-0.4, -0.2) is 32.1 Å². The van der Waals surface area contributed by atoms with Crippen LogP contribution in [0.15, 0.2) is 40.9 Å². The lowest BCUT2D eigenvalue weighted by atomic mass is 10.0. The van der Waals surface area contributed by atoms with Gasteiger partial charge in [-0.3, -0.25) is 9.48 Å². The molecule has 0 spiro atoms. The highest BCUT2D eigenvalue weighted by Crippen LogP contribution is 2.31. The number of aromatic nitrogens is 3. The highest BCUT2D eigenvalue weighted by molar-refractivity contribution is 6.30. The van der Waals surface area contributed by atoms with Gasteiger partial charge in [0.15, 0.2) is 0 Å². The van der Waals surface area contributed by atoms with Crippen molar-refractivity contribution in [2.24, 2.45) is 0 Å². The first-order valence-electron chi connectivity index (χ1n) is 9.99. The Labute approximate surface area is 175 Å². The molecule has 1 saturated heterocycles. The summed E-state index contributed by atoms with van der Waals surface area (Å²) in [5.41, 5.74) is 3.02. The van der Waals surface area contributed by atoms with Crippen LogP contribution >= 0.6 is 11.6 Å². The van der Waals surface area contributed by atoms with Gasteiger partial charge in [-0.15, -0.1) is 0 Å². The van der Waals surface area contributed by atoms with E-state index in [-0.39, 0.29) is 18.5 Å². The van der Waals surface area contributed by atoms with E-state index in [1.54, 1.807) is 10.9 Å². The van der Waals surface area contributed by atoms with Crippen molar-refractivity contribution in [3.8, 4) is 0 Å². The zero-order valence-corrected chi connectivity index (χ0v) is 17.5. The number of halogens is 1. The molecule has 1 aliphatic heterocycles. The Kier molecular flexibility index (Phi) is 5.72. The Hall–Kier alpha value is -2.60. The van der Waals surface area contributed by atoms with Crippen LogP contribution in [0.25, 0.3) is 0 Å². The summed E-state index contributed by atoms with van der Waals surface area (Å²) in [7, 11) is 0. The fourth-order valence-corrected chi connectivity index (χ4v) is 4.03. The number of hydrogen-bond acceptors (Lipinski definition) is 4. The third-order valence-corrected chi connectivity index (χ3v) is 5.61. The van der Waals surface area contributed by atoms with Crippen molar-refractivity contribution < 1.29 is 9.21 Å². The van der Waals surface area contributed by atoms with Crippen LogP contribution in [0.2, 0.25) is 5.02 Å². The highest BCUT2D eigenvalue weighted by Gasteiger charge is 2.31. The molecular formula is C22H25ClN4O2. The molecule has 3 aromatic rings. The number of hydrogen-bond donors (Lipinski definition) is 0. The van der Waals surface area contributed by atoms with Gasteiger partial charge in [-0.05, 0) is 56.9 Å². The van der Waals surface area contributed by atoms with Crippen molar-refractivity contribution in [3.63, 3.8) is 0 Å². The van der Waals surface area contributed by atoms with Crippen LogP contribution in [0.1, 0.15) is 53.9 Å². The standard InChI is InChI=1S/C22H25ClN4O2/c1-15-11-16(2)27(25-15)14-21(28)26-10-4-3-5-20(26)22-24-13-19(29-22)12-17-6-8-18(23)9-7-17/h6-9,11,13,20H,3-5,10,12,14H2,1-2H3/t20-/m1/s1. The number of aryl methyl sites for hydroxylation is 2. The van der Waals surface area contributed by atoms with Gasteiger partial charge in [0, 0.05) is 23.7 Å². The van der Waals surface area contributed by atoms with Gasteiger partial charge in [-0.25, -0.2) is 4.98 Å². The first-order valence-corrected chi connectivity index (χ1v) is 10.4. The van der Waals surface area contributed by atoms with Gasteiger partial charge < -0.3 is 9.32 Å². The summed E-state index contributed by atoms with van der Waals surface area (Å²) < 4.78 is 7.82. The molecule has 0 saturated carbocycles. The molecule has 4 rings (SSSR count).